The molecule has 0 aliphatic carbocycles. The van der Waals surface area contributed by atoms with Gasteiger partial charge in [0.15, 0.2) is 5.58 Å². The number of fused-ring (bicyclic) bond motifs is 1. The minimum Gasteiger partial charge on any atom is -0.356 e. The maximum atomic E-state index is 12.8. The Kier molecular flexibility index (Phi) is 4.71. The lowest BCUT2D eigenvalue weighted by molar-refractivity contribution is -0.121. The summed E-state index contributed by atoms with van der Waals surface area (Å²) >= 11 is 0. The van der Waals surface area contributed by atoms with E-state index in [0.717, 1.165) is 22.1 Å². The molecule has 27 heavy (non-hydrogen) atoms. The molecule has 4 heteroatoms. The minimum absolute atomic E-state index is 0.0931. The van der Waals surface area contributed by atoms with E-state index in [1.54, 1.807) is 0 Å². The number of aromatic nitrogens is 1. The molecule has 0 fully saturated rings. The van der Waals surface area contributed by atoms with Gasteiger partial charge in [-0.25, -0.2) is 0 Å². The van der Waals surface area contributed by atoms with E-state index in [1.807, 2.05) is 85.8 Å². The molecule has 1 heterocycles. The van der Waals surface area contributed by atoms with Crippen LogP contribution in [0.1, 0.15) is 28.4 Å². The van der Waals surface area contributed by atoms with Gasteiger partial charge in [0, 0.05) is 5.39 Å². The smallest absolute Gasteiger partial charge is 0.226 e. The fourth-order valence-corrected chi connectivity index (χ4v) is 3.24. The second kappa shape index (κ2) is 7.46. The van der Waals surface area contributed by atoms with Crippen LogP contribution in [-0.4, -0.2) is 11.1 Å². The van der Waals surface area contributed by atoms with Gasteiger partial charge < -0.3 is 9.84 Å². The molecule has 4 nitrogen and oxygen atoms in total. The monoisotopic (exact) mass is 356 g/mol. The van der Waals surface area contributed by atoms with E-state index in [0.29, 0.717) is 11.3 Å². The summed E-state index contributed by atoms with van der Waals surface area (Å²) in [5.41, 5.74) is 4.55. The van der Waals surface area contributed by atoms with Crippen molar-refractivity contribution >= 4 is 16.9 Å². The van der Waals surface area contributed by atoms with Crippen molar-refractivity contribution in [3.05, 3.63) is 101 Å². The Morgan fingerprint density at radius 3 is 2.22 bits per heavy atom. The summed E-state index contributed by atoms with van der Waals surface area (Å²) in [5, 5.41) is 8.13. The molecular formula is C23H20N2O2. The molecule has 0 atom stereocenters. The number of carbonyl (C=O) groups excluding carboxylic acids is 1. The van der Waals surface area contributed by atoms with Crippen LogP contribution >= 0.6 is 0 Å². The third kappa shape index (κ3) is 3.75. The van der Waals surface area contributed by atoms with Crippen LogP contribution in [0.4, 0.5) is 0 Å². The van der Waals surface area contributed by atoms with Crippen molar-refractivity contribution in [2.45, 2.75) is 19.4 Å². The van der Waals surface area contributed by atoms with Gasteiger partial charge in [0.05, 0.1) is 12.5 Å². The third-order valence-corrected chi connectivity index (χ3v) is 4.60. The molecule has 1 N–H and O–H groups in total. The first-order valence-corrected chi connectivity index (χ1v) is 8.95. The van der Waals surface area contributed by atoms with Crippen molar-refractivity contribution in [2.75, 3.05) is 0 Å². The van der Waals surface area contributed by atoms with Gasteiger partial charge in [-0.15, -0.1) is 0 Å². The number of benzene rings is 3. The first-order chi connectivity index (χ1) is 13.2. The summed E-state index contributed by atoms with van der Waals surface area (Å²) in [6.45, 7) is 2.01. The number of nitrogens with one attached hydrogen (secondary N) is 1. The van der Waals surface area contributed by atoms with Crippen LogP contribution in [0, 0.1) is 6.92 Å². The predicted octanol–water partition coefficient (Wildman–Crippen LogP) is 4.58. The summed E-state index contributed by atoms with van der Waals surface area (Å²) in [5.74, 6) is -0.0931. The lowest BCUT2D eigenvalue weighted by atomic mass is 9.98. The van der Waals surface area contributed by atoms with E-state index in [1.165, 1.54) is 0 Å². The molecule has 0 saturated heterocycles. The number of amides is 1. The highest BCUT2D eigenvalue weighted by atomic mass is 16.5. The molecule has 3 aromatic carbocycles. The predicted molar refractivity (Wildman–Crippen MR) is 105 cm³/mol. The van der Waals surface area contributed by atoms with Gasteiger partial charge >= 0.3 is 0 Å². The summed E-state index contributed by atoms with van der Waals surface area (Å²) in [6.07, 6.45) is 0.173. The topological polar surface area (TPSA) is 55.1 Å². The van der Waals surface area contributed by atoms with Crippen molar-refractivity contribution in [3.8, 4) is 0 Å². The highest BCUT2D eigenvalue weighted by molar-refractivity contribution is 5.87. The van der Waals surface area contributed by atoms with Gasteiger partial charge in [0.2, 0.25) is 5.91 Å². The first-order valence-electron chi connectivity index (χ1n) is 8.95. The Balaban J connectivity index is 1.59. The Morgan fingerprint density at radius 1 is 0.963 bits per heavy atom. The number of nitrogens with zero attached hydrogens (tertiary/aromatic N) is 1. The molecule has 0 aliphatic heterocycles. The van der Waals surface area contributed by atoms with E-state index in [9.17, 15) is 4.79 Å². The van der Waals surface area contributed by atoms with E-state index in [2.05, 4.69) is 10.5 Å². The second-order valence-corrected chi connectivity index (χ2v) is 6.63. The van der Waals surface area contributed by atoms with Crippen LogP contribution in [0.25, 0.3) is 11.0 Å². The van der Waals surface area contributed by atoms with Crippen LogP contribution in [0.3, 0.4) is 0 Å². The maximum Gasteiger partial charge on any atom is 0.226 e. The molecule has 0 bridgehead atoms. The lowest BCUT2D eigenvalue weighted by Crippen LogP contribution is -2.30. The molecule has 134 valence electrons. The highest BCUT2D eigenvalue weighted by Gasteiger charge is 2.19. The van der Waals surface area contributed by atoms with E-state index < -0.39 is 0 Å². The molecule has 0 unspecified atom stereocenters. The minimum atomic E-state index is -0.209. The Hall–Kier alpha value is -3.40. The molecule has 0 aliphatic rings. The van der Waals surface area contributed by atoms with Gasteiger partial charge in [0.1, 0.15) is 5.69 Å². The lowest BCUT2D eigenvalue weighted by Gasteiger charge is -2.19. The van der Waals surface area contributed by atoms with Crippen molar-refractivity contribution in [3.63, 3.8) is 0 Å². The van der Waals surface area contributed by atoms with Gasteiger partial charge in [-0.3, -0.25) is 4.79 Å². The molecule has 4 rings (SSSR count). The highest BCUT2D eigenvalue weighted by Crippen LogP contribution is 2.23. The molecule has 1 aromatic heterocycles. The number of aryl methyl sites for hydroxylation is 1. The average molecular weight is 356 g/mol. The summed E-state index contributed by atoms with van der Waals surface area (Å²) in [6, 6.07) is 25.6. The van der Waals surface area contributed by atoms with Crippen LogP contribution in [0.15, 0.2) is 83.4 Å². The molecular weight excluding hydrogens is 336 g/mol. The Morgan fingerprint density at radius 2 is 1.59 bits per heavy atom. The van der Waals surface area contributed by atoms with Crippen LogP contribution in [0.2, 0.25) is 0 Å². The largest absolute Gasteiger partial charge is 0.356 e. The van der Waals surface area contributed by atoms with E-state index >= 15 is 0 Å². The van der Waals surface area contributed by atoms with Crippen LogP contribution in [0.5, 0.6) is 0 Å². The summed E-state index contributed by atoms with van der Waals surface area (Å²) in [7, 11) is 0. The van der Waals surface area contributed by atoms with Crippen molar-refractivity contribution in [1.82, 2.24) is 10.5 Å². The zero-order valence-corrected chi connectivity index (χ0v) is 15.1. The zero-order chi connectivity index (χ0) is 18.6. The van der Waals surface area contributed by atoms with Crippen LogP contribution in [-0.2, 0) is 11.2 Å². The number of rotatable bonds is 5. The van der Waals surface area contributed by atoms with Crippen molar-refractivity contribution < 1.29 is 9.32 Å². The Labute approximate surface area is 157 Å². The summed E-state index contributed by atoms with van der Waals surface area (Å²) in [4.78, 5) is 12.8. The average Bonchev–Trinajstić information content (AvgIpc) is 3.09. The fourth-order valence-electron chi connectivity index (χ4n) is 3.24. The molecule has 0 radical (unpaired) electrons. The number of hydrogen-bond acceptors (Lipinski definition) is 3. The quantitative estimate of drug-likeness (QED) is 0.569. The molecule has 4 aromatic rings. The fraction of sp³-hybridized carbons (Fsp3) is 0.130. The number of hydrogen-bond donors (Lipinski definition) is 1. The third-order valence-electron chi connectivity index (χ3n) is 4.60. The Bertz CT molecular complexity index is 1020. The van der Waals surface area contributed by atoms with Gasteiger partial charge in [-0.1, -0.05) is 77.5 Å². The zero-order valence-electron chi connectivity index (χ0n) is 15.1. The molecule has 0 spiro atoms. The normalized spacial score (nSPS) is 11.0. The van der Waals surface area contributed by atoms with Gasteiger partial charge in [-0.05, 0) is 30.2 Å². The molecule has 1 amide bonds. The van der Waals surface area contributed by atoms with Crippen LogP contribution < -0.4 is 5.32 Å². The van der Waals surface area contributed by atoms with Gasteiger partial charge in [-0.2, -0.15) is 0 Å². The second-order valence-electron chi connectivity index (χ2n) is 6.63. The maximum absolute atomic E-state index is 12.8. The van der Waals surface area contributed by atoms with Gasteiger partial charge in [0.25, 0.3) is 0 Å². The standard InChI is InChI=1S/C23H20N2O2/c1-16-12-13-21-19(14-16)20(25-27-21)15-22(26)24-23(17-8-4-2-5-9-17)18-10-6-3-7-11-18/h2-14,23H,15H2,1H3,(H,24,26). The first kappa shape index (κ1) is 17.0. The van der Waals surface area contributed by atoms with Crippen molar-refractivity contribution in [2.24, 2.45) is 0 Å². The molecule has 0 saturated carbocycles. The summed E-state index contributed by atoms with van der Waals surface area (Å²) < 4.78 is 5.35. The SMILES string of the molecule is Cc1ccc2onc(CC(=O)NC(c3ccccc3)c3ccccc3)c2c1. The van der Waals surface area contributed by atoms with Crippen molar-refractivity contribution in [1.29, 1.82) is 0 Å². The number of carbonyl (C=O) groups is 1. The van der Waals surface area contributed by atoms with E-state index in [4.69, 9.17) is 4.52 Å². The van der Waals surface area contributed by atoms with E-state index in [-0.39, 0.29) is 18.4 Å².